The van der Waals surface area contributed by atoms with Crippen LogP contribution < -0.4 is 0 Å². The molecule has 15 heavy (non-hydrogen) atoms. The van der Waals surface area contributed by atoms with Crippen LogP contribution in [0.5, 0.6) is 0 Å². The molecule has 3 nitrogen and oxygen atoms in total. The van der Waals surface area contributed by atoms with E-state index in [2.05, 4.69) is 15.9 Å². The predicted molar refractivity (Wildman–Crippen MR) is 63.2 cm³/mol. The SMILES string of the molecule is O=C(c1ccc(Br)s1)N(CCO)C1CC1. The summed E-state index contributed by atoms with van der Waals surface area (Å²) in [7, 11) is 0. The summed E-state index contributed by atoms with van der Waals surface area (Å²) in [5.74, 6) is 0.0438. The fourth-order valence-corrected chi connectivity index (χ4v) is 2.86. The van der Waals surface area contributed by atoms with Crippen LogP contribution in [0.2, 0.25) is 0 Å². The van der Waals surface area contributed by atoms with Gasteiger partial charge in [-0.3, -0.25) is 4.79 Å². The van der Waals surface area contributed by atoms with Crippen molar-refractivity contribution in [1.82, 2.24) is 4.90 Å². The lowest BCUT2D eigenvalue weighted by atomic mass is 10.3. The Kier molecular flexibility index (Phi) is 3.43. The molecule has 1 aliphatic rings. The molecule has 1 aromatic heterocycles. The number of amides is 1. The minimum atomic E-state index is 0.0365. The number of hydrogen-bond donors (Lipinski definition) is 1. The lowest BCUT2D eigenvalue weighted by Gasteiger charge is -2.20. The van der Waals surface area contributed by atoms with Crippen LogP contribution in [0.15, 0.2) is 15.9 Å². The van der Waals surface area contributed by atoms with E-state index in [4.69, 9.17) is 5.11 Å². The molecule has 0 unspecified atom stereocenters. The molecule has 0 spiro atoms. The molecule has 0 atom stereocenters. The van der Waals surface area contributed by atoms with Crippen LogP contribution in [0, 0.1) is 0 Å². The summed E-state index contributed by atoms with van der Waals surface area (Å²) in [5, 5.41) is 8.91. The summed E-state index contributed by atoms with van der Waals surface area (Å²) in [6, 6.07) is 4.05. The normalized spacial score (nSPS) is 15.3. The zero-order valence-electron chi connectivity index (χ0n) is 8.15. The molecule has 1 saturated carbocycles. The molecule has 1 amide bonds. The highest BCUT2D eigenvalue weighted by molar-refractivity contribution is 9.11. The minimum Gasteiger partial charge on any atom is -0.395 e. The molecule has 82 valence electrons. The van der Waals surface area contributed by atoms with Gasteiger partial charge in [-0.15, -0.1) is 11.3 Å². The maximum absolute atomic E-state index is 12.0. The second-order valence-corrected chi connectivity index (χ2v) is 6.02. The zero-order valence-corrected chi connectivity index (χ0v) is 10.6. The molecule has 2 rings (SSSR count). The molecule has 1 N–H and O–H groups in total. The summed E-state index contributed by atoms with van der Waals surface area (Å²) in [6.07, 6.45) is 2.14. The first-order valence-corrected chi connectivity index (χ1v) is 6.50. The molecule has 1 heterocycles. The fourth-order valence-electron chi connectivity index (χ4n) is 1.51. The first-order chi connectivity index (χ1) is 7.22. The van der Waals surface area contributed by atoms with Gasteiger partial charge in [-0.2, -0.15) is 0 Å². The third kappa shape index (κ3) is 2.59. The highest BCUT2D eigenvalue weighted by Crippen LogP contribution is 2.30. The summed E-state index contributed by atoms with van der Waals surface area (Å²) in [6.45, 7) is 0.480. The van der Waals surface area contributed by atoms with Crippen molar-refractivity contribution < 1.29 is 9.90 Å². The van der Waals surface area contributed by atoms with Gasteiger partial charge in [0.25, 0.3) is 5.91 Å². The summed E-state index contributed by atoms with van der Waals surface area (Å²) >= 11 is 4.78. The smallest absolute Gasteiger partial charge is 0.264 e. The second-order valence-electron chi connectivity index (χ2n) is 3.56. The molecular formula is C10H12BrNO2S. The van der Waals surface area contributed by atoms with Gasteiger partial charge in [-0.05, 0) is 40.9 Å². The molecule has 0 aliphatic heterocycles. The van der Waals surface area contributed by atoms with Crippen molar-refractivity contribution in [3.05, 3.63) is 20.8 Å². The van der Waals surface area contributed by atoms with Crippen molar-refractivity contribution in [1.29, 1.82) is 0 Å². The van der Waals surface area contributed by atoms with Gasteiger partial charge in [0.2, 0.25) is 0 Å². The van der Waals surface area contributed by atoms with E-state index in [9.17, 15) is 4.79 Å². The van der Waals surface area contributed by atoms with Crippen molar-refractivity contribution in [2.75, 3.05) is 13.2 Å². The van der Waals surface area contributed by atoms with E-state index in [0.717, 1.165) is 21.5 Å². The molecule has 0 bridgehead atoms. The van der Waals surface area contributed by atoms with E-state index >= 15 is 0 Å². The Morgan fingerprint density at radius 3 is 2.80 bits per heavy atom. The average Bonchev–Trinajstić information content (AvgIpc) is 2.96. The van der Waals surface area contributed by atoms with Crippen molar-refractivity contribution in [3.63, 3.8) is 0 Å². The van der Waals surface area contributed by atoms with Gasteiger partial charge in [0.1, 0.15) is 0 Å². The van der Waals surface area contributed by atoms with Crippen LogP contribution in [-0.2, 0) is 0 Å². The first-order valence-electron chi connectivity index (χ1n) is 4.89. The Hall–Kier alpha value is -0.390. The number of thiophene rings is 1. The second kappa shape index (κ2) is 4.63. The van der Waals surface area contributed by atoms with Crippen LogP contribution in [0.1, 0.15) is 22.5 Å². The molecule has 1 fully saturated rings. The van der Waals surface area contributed by atoms with Gasteiger partial charge in [0.05, 0.1) is 15.3 Å². The number of aliphatic hydroxyl groups is 1. The Morgan fingerprint density at radius 2 is 2.33 bits per heavy atom. The van der Waals surface area contributed by atoms with E-state index < -0.39 is 0 Å². The van der Waals surface area contributed by atoms with Crippen molar-refractivity contribution in [3.8, 4) is 0 Å². The molecule has 0 radical (unpaired) electrons. The summed E-state index contributed by atoms with van der Waals surface area (Å²) in [4.78, 5) is 14.5. The Bertz CT molecular complexity index is 362. The van der Waals surface area contributed by atoms with E-state index in [1.54, 1.807) is 4.90 Å². The van der Waals surface area contributed by atoms with Gasteiger partial charge >= 0.3 is 0 Å². The van der Waals surface area contributed by atoms with Crippen LogP contribution in [-0.4, -0.2) is 35.1 Å². The highest BCUT2D eigenvalue weighted by Gasteiger charge is 2.32. The number of aliphatic hydroxyl groups excluding tert-OH is 1. The predicted octanol–water partition coefficient (Wildman–Crippen LogP) is 2.11. The maximum Gasteiger partial charge on any atom is 0.264 e. The number of rotatable bonds is 4. The van der Waals surface area contributed by atoms with Crippen molar-refractivity contribution in [2.24, 2.45) is 0 Å². The van der Waals surface area contributed by atoms with Gasteiger partial charge in [0, 0.05) is 12.6 Å². The molecule has 0 aromatic carbocycles. The maximum atomic E-state index is 12.0. The van der Waals surface area contributed by atoms with E-state index in [1.165, 1.54) is 11.3 Å². The van der Waals surface area contributed by atoms with Crippen LogP contribution >= 0.6 is 27.3 Å². The number of carbonyl (C=O) groups is 1. The van der Waals surface area contributed by atoms with Crippen LogP contribution in [0.25, 0.3) is 0 Å². The summed E-state index contributed by atoms with van der Waals surface area (Å²) < 4.78 is 0.964. The third-order valence-electron chi connectivity index (χ3n) is 2.37. The zero-order chi connectivity index (χ0) is 10.8. The van der Waals surface area contributed by atoms with E-state index in [0.29, 0.717) is 12.6 Å². The van der Waals surface area contributed by atoms with Crippen LogP contribution in [0.4, 0.5) is 0 Å². The molecule has 1 aliphatic carbocycles. The van der Waals surface area contributed by atoms with E-state index in [-0.39, 0.29) is 12.5 Å². The fraction of sp³-hybridized carbons (Fsp3) is 0.500. The highest BCUT2D eigenvalue weighted by atomic mass is 79.9. The molecular weight excluding hydrogens is 278 g/mol. The lowest BCUT2D eigenvalue weighted by Crippen LogP contribution is -2.34. The Labute approximate surface area is 101 Å². The standard InChI is InChI=1S/C10H12BrNO2S/c11-9-4-3-8(15-9)10(14)12(5-6-13)7-1-2-7/h3-4,7,13H,1-2,5-6H2. The first kappa shape index (κ1) is 11.1. The molecule has 0 saturated heterocycles. The number of halogens is 1. The third-order valence-corrected chi connectivity index (χ3v) is 3.99. The largest absolute Gasteiger partial charge is 0.395 e. The summed E-state index contributed by atoms with van der Waals surface area (Å²) in [5.41, 5.74) is 0. The van der Waals surface area contributed by atoms with Crippen molar-refractivity contribution in [2.45, 2.75) is 18.9 Å². The quantitative estimate of drug-likeness (QED) is 0.922. The number of nitrogens with zero attached hydrogens (tertiary/aromatic N) is 1. The van der Waals surface area contributed by atoms with Crippen LogP contribution in [0.3, 0.4) is 0 Å². The molecule has 5 heteroatoms. The van der Waals surface area contributed by atoms with Gasteiger partial charge in [-0.1, -0.05) is 0 Å². The topological polar surface area (TPSA) is 40.5 Å². The lowest BCUT2D eigenvalue weighted by molar-refractivity contribution is 0.0712. The Balaban J connectivity index is 2.10. The monoisotopic (exact) mass is 289 g/mol. The molecule has 1 aromatic rings. The van der Waals surface area contributed by atoms with Gasteiger partial charge < -0.3 is 10.0 Å². The number of hydrogen-bond acceptors (Lipinski definition) is 3. The Morgan fingerprint density at radius 1 is 1.60 bits per heavy atom. The van der Waals surface area contributed by atoms with Crippen molar-refractivity contribution >= 4 is 33.2 Å². The van der Waals surface area contributed by atoms with Gasteiger partial charge in [0.15, 0.2) is 0 Å². The average molecular weight is 290 g/mol. The minimum absolute atomic E-state index is 0.0365. The number of carbonyl (C=O) groups excluding carboxylic acids is 1. The van der Waals surface area contributed by atoms with E-state index in [1.807, 2.05) is 12.1 Å². The van der Waals surface area contributed by atoms with Gasteiger partial charge in [-0.25, -0.2) is 0 Å².